The Labute approximate surface area is 81.4 Å². The van der Waals surface area contributed by atoms with Crippen molar-refractivity contribution in [2.45, 2.75) is 32.1 Å². The van der Waals surface area contributed by atoms with E-state index in [-0.39, 0.29) is 17.8 Å². The molecule has 1 saturated carbocycles. The van der Waals surface area contributed by atoms with Gasteiger partial charge in [-0.25, -0.2) is 4.99 Å². The lowest BCUT2D eigenvalue weighted by Crippen LogP contribution is -2.29. The molecule has 1 heterocycles. The summed E-state index contributed by atoms with van der Waals surface area (Å²) in [5.41, 5.74) is 0. The fraction of sp³-hybridized carbons (Fsp3) is 0.750. The zero-order valence-corrected chi connectivity index (χ0v) is 7.81. The van der Waals surface area contributed by atoms with E-state index in [0.29, 0.717) is 0 Å². The van der Waals surface area contributed by atoms with Crippen LogP contribution in [0.4, 0.5) is 5.95 Å². The van der Waals surface area contributed by atoms with Crippen molar-refractivity contribution >= 4 is 11.8 Å². The number of H-pyrrole nitrogens is 1. The van der Waals surface area contributed by atoms with E-state index in [4.69, 9.17) is 0 Å². The quantitative estimate of drug-likeness (QED) is 0.536. The van der Waals surface area contributed by atoms with Gasteiger partial charge in [-0.3, -0.25) is 0 Å². The van der Waals surface area contributed by atoms with Crippen LogP contribution in [0.25, 0.3) is 0 Å². The van der Waals surface area contributed by atoms with Crippen molar-refractivity contribution in [1.29, 1.82) is 0 Å². The van der Waals surface area contributed by atoms with Gasteiger partial charge in [-0.15, -0.1) is 5.10 Å². The number of aromatic amines is 1. The number of nitrogens with one attached hydrogen (secondary N) is 1. The molecular formula is C8H12N5O-. The first-order valence-electron chi connectivity index (χ1n) is 4.85. The maximum absolute atomic E-state index is 11.6. The molecule has 0 amide bonds. The number of aliphatic imine (C=N–C) groups is 1. The van der Waals surface area contributed by atoms with E-state index in [1.165, 1.54) is 6.42 Å². The summed E-state index contributed by atoms with van der Waals surface area (Å²) in [5, 5.41) is 24.4. The highest BCUT2D eigenvalue weighted by Gasteiger charge is 2.13. The van der Waals surface area contributed by atoms with Gasteiger partial charge in [0, 0.05) is 0 Å². The van der Waals surface area contributed by atoms with Crippen LogP contribution in [0.1, 0.15) is 32.1 Å². The smallest absolute Gasteiger partial charge is 0.287 e. The van der Waals surface area contributed by atoms with Crippen molar-refractivity contribution < 1.29 is 5.11 Å². The predicted molar refractivity (Wildman–Crippen MR) is 47.8 cm³/mol. The molecule has 1 aliphatic carbocycles. The lowest BCUT2D eigenvalue weighted by atomic mass is 9.89. The molecule has 1 aromatic heterocycles. The molecule has 6 heteroatoms. The molecular weight excluding hydrogens is 182 g/mol. The monoisotopic (exact) mass is 194 g/mol. The van der Waals surface area contributed by atoms with E-state index in [1.54, 1.807) is 0 Å². The summed E-state index contributed by atoms with van der Waals surface area (Å²) in [6, 6.07) is 0. The minimum atomic E-state index is -0.105. The Bertz CT molecular complexity index is 302. The molecule has 0 radical (unpaired) electrons. The number of aromatic nitrogens is 4. The Morgan fingerprint density at radius 3 is 2.79 bits per heavy atom. The molecule has 0 aromatic carbocycles. The van der Waals surface area contributed by atoms with Crippen molar-refractivity contribution in [3.05, 3.63) is 0 Å². The molecule has 1 fully saturated rings. The van der Waals surface area contributed by atoms with Crippen molar-refractivity contribution in [2.24, 2.45) is 10.9 Å². The molecule has 14 heavy (non-hydrogen) atoms. The molecule has 0 bridgehead atoms. The Balaban J connectivity index is 2.02. The Morgan fingerprint density at radius 2 is 2.14 bits per heavy atom. The van der Waals surface area contributed by atoms with Gasteiger partial charge in [0.25, 0.3) is 5.95 Å². The molecule has 2 rings (SSSR count). The van der Waals surface area contributed by atoms with Gasteiger partial charge in [0.15, 0.2) is 0 Å². The average molecular weight is 194 g/mol. The molecule has 1 N–H and O–H groups in total. The lowest BCUT2D eigenvalue weighted by Gasteiger charge is -2.25. The number of nitrogens with zero attached hydrogens (tertiary/aromatic N) is 4. The molecule has 0 saturated heterocycles. The Kier molecular flexibility index (Phi) is 2.71. The maximum atomic E-state index is 11.6. The summed E-state index contributed by atoms with van der Waals surface area (Å²) in [4.78, 5) is 3.79. The summed E-state index contributed by atoms with van der Waals surface area (Å²) < 4.78 is 0. The first-order chi connectivity index (χ1) is 6.86. The van der Waals surface area contributed by atoms with Gasteiger partial charge >= 0.3 is 0 Å². The van der Waals surface area contributed by atoms with E-state index in [1.807, 2.05) is 0 Å². The van der Waals surface area contributed by atoms with Crippen LogP contribution in [0.5, 0.6) is 0 Å². The van der Waals surface area contributed by atoms with Crippen LogP contribution in [0, 0.1) is 5.92 Å². The predicted octanol–water partition coefficient (Wildman–Crippen LogP) is 0.170. The van der Waals surface area contributed by atoms with Crippen LogP contribution in [-0.2, 0) is 0 Å². The Hall–Kier alpha value is -1.46. The van der Waals surface area contributed by atoms with Gasteiger partial charge in [0.05, 0.1) is 0 Å². The van der Waals surface area contributed by atoms with Gasteiger partial charge in [-0.1, -0.05) is 24.4 Å². The first-order valence-corrected chi connectivity index (χ1v) is 4.85. The van der Waals surface area contributed by atoms with Crippen LogP contribution >= 0.6 is 0 Å². The standard InChI is InChI=1S/C8H13N5O/c14-7(6-4-2-1-3-5-6)9-8-10-12-13-11-8/h6H,1-5H2,(H2,9,10,11,12,13,14)/p-1. The lowest BCUT2D eigenvalue weighted by molar-refractivity contribution is -0.224. The van der Waals surface area contributed by atoms with Crippen LogP contribution in [-0.4, -0.2) is 26.5 Å². The minimum Gasteiger partial charge on any atom is -0.861 e. The minimum absolute atomic E-state index is 0.0715. The fourth-order valence-electron chi connectivity index (χ4n) is 1.74. The molecule has 0 unspecified atom stereocenters. The molecule has 1 aromatic rings. The number of hydrogen-bond donors (Lipinski definition) is 1. The van der Waals surface area contributed by atoms with E-state index >= 15 is 0 Å². The zero-order valence-electron chi connectivity index (χ0n) is 7.81. The van der Waals surface area contributed by atoms with Crippen molar-refractivity contribution in [1.82, 2.24) is 20.6 Å². The second kappa shape index (κ2) is 4.17. The van der Waals surface area contributed by atoms with Crippen LogP contribution in [0.15, 0.2) is 4.99 Å². The maximum Gasteiger partial charge on any atom is 0.287 e. The van der Waals surface area contributed by atoms with Crippen molar-refractivity contribution in [2.75, 3.05) is 0 Å². The fourth-order valence-corrected chi connectivity index (χ4v) is 1.74. The second-order valence-electron chi connectivity index (χ2n) is 3.50. The topological polar surface area (TPSA) is 89.9 Å². The second-order valence-corrected chi connectivity index (χ2v) is 3.50. The third-order valence-corrected chi connectivity index (χ3v) is 2.50. The van der Waals surface area contributed by atoms with Gasteiger partial charge in [0.2, 0.25) is 0 Å². The molecule has 6 nitrogen and oxygen atoms in total. The normalized spacial score (nSPS) is 19.9. The highest BCUT2D eigenvalue weighted by atomic mass is 16.3. The average Bonchev–Trinajstić information content (AvgIpc) is 2.72. The first kappa shape index (κ1) is 9.11. The van der Waals surface area contributed by atoms with Gasteiger partial charge in [-0.05, 0) is 29.9 Å². The summed E-state index contributed by atoms with van der Waals surface area (Å²) >= 11 is 0. The molecule has 76 valence electrons. The largest absolute Gasteiger partial charge is 0.861 e. The third kappa shape index (κ3) is 2.07. The SMILES string of the molecule is [O-]C(=Nc1nn[nH]n1)C1CCCCC1. The summed E-state index contributed by atoms with van der Waals surface area (Å²) in [6.07, 6.45) is 5.36. The number of tetrazole rings is 1. The summed E-state index contributed by atoms with van der Waals surface area (Å²) in [5.74, 6) is 0.105. The number of hydrogen-bond acceptors (Lipinski definition) is 5. The van der Waals surface area contributed by atoms with Crippen molar-refractivity contribution in [3.8, 4) is 0 Å². The summed E-state index contributed by atoms with van der Waals surface area (Å²) in [7, 11) is 0. The van der Waals surface area contributed by atoms with Gasteiger partial charge in [-0.2, -0.15) is 5.21 Å². The third-order valence-electron chi connectivity index (χ3n) is 2.50. The highest BCUT2D eigenvalue weighted by molar-refractivity contribution is 5.76. The van der Waals surface area contributed by atoms with Crippen LogP contribution in [0.3, 0.4) is 0 Å². The van der Waals surface area contributed by atoms with Crippen LogP contribution in [0.2, 0.25) is 0 Å². The Morgan fingerprint density at radius 1 is 1.36 bits per heavy atom. The molecule has 0 spiro atoms. The van der Waals surface area contributed by atoms with E-state index in [2.05, 4.69) is 25.6 Å². The van der Waals surface area contributed by atoms with E-state index < -0.39 is 0 Å². The number of rotatable bonds is 2. The van der Waals surface area contributed by atoms with Crippen molar-refractivity contribution in [3.63, 3.8) is 0 Å². The van der Waals surface area contributed by atoms with E-state index in [9.17, 15) is 5.11 Å². The van der Waals surface area contributed by atoms with E-state index in [0.717, 1.165) is 25.7 Å². The zero-order chi connectivity index (χ0) is 9.80. The highest BCUT2D eigenvalue weighted by Crippen LogP contribution is 2.24. The molecule has 1 aliphatic rings. The molecule has 0 atom stereocenters. The van der Waals surface area contributed by atoms with Crippen LogP contribution < -0.4 is 5.11 Å². The van der Waals surface area contributed by atoms with Gasteiger partial charge in [0.1, 0.15) is 0 Å². The molecule has 0 aliphatic heterocycles. The van der Waals surface area contributed by atoms with Gasteiger partial charge < -0.3 is 5.11 Å². The summed E-state index contributed by atoms with van der Waals surface area (Å²) in [6.45, 7) is 0.